The largest absolute Gasteiger partial charge is 0.236 e. The lowest BCUT2D eigenvalue weighted by atomic mass is 10.0. The topological polar surface area (TPSA) is 12.9 Å². The van der Waals surface area contributed by atoms with Crippen molar-refractivity contribution in [1.82, 2.24) is 4.98 Å². The molecule has 2 rings (SSSR count). The third-order valence-electron chi connectivity index (χ3n) is 2.38. The van der Waals surface area contributed by atoms with Crippen LogP contribution in [0.1, 0.15) is 25.3 Å². The summed E-state index contributed by atoms with van der Waals surface area (Å²) in [6.45, 7) is 4.07. The van der Waals surface area contributed by atoms with Gasteiger partial charge >= 0.3 is 0 Å². The van der Waals surface area contributed by atoms with Gasteiger partial charge in [-0.1, -0.05) is 25.4 Å². The highest BCUT2D eigenvalue weighted by molar-refractivity contribution is 6.30. The molecule has 3 heteroatoms. The Labute approximate surface area is 92.9 Å². The maximum absolute atomic E-state index is 13.0. The van der Waals surface area contributed by atoms with Gasteiger partial charge < -0.3 is 0 Å². The molecule has 0 aliphatic carbocycles. The lowest BCUT2D eigenvalue weighted by Crippen LogP contribution is -1.92. The number of aromatic nitrogens is 1. The molecule has 0 bridgehead atoms. The van der Waals surface area contributed by atoms with Gasteiger partial charge in [0.25, 0.3) is 0 Å². The van der Waals surface area contributed by atoms with Crippen molar-refractivity contribution in [3.05, 3.63) is 40.8 Å². The molecule has 1 heterocycles. The van der Waals surface area contributed by atoms with Crippen LogP contribution in [-0.2, 0) is 0 Å². The minimum absolute atomic E-state index is 0.249. The molecule has 0 fully saturated rings. The van der Waals surface area contributed by atoms with Crippen molar-refractivity contribution in [2.45, 2.75) is 19.8 Å². The molecule has 0 radical (unpaired) electrons. The number of nitrogens with zero attached hydrogens (tertiary/aromatic N) is 1. The van der Waals surface area contributed by atoms with Crippen LogP contribution in [0.25, 0.3) is 10.9 Å². The fourth-order valence-electron chi connectivity index (χ4n) is 1.55. The van der Waals surface area contributed by atoms with E-state index in [9.17, 15) is 4.39 Å². The minimum atomic E-state index is -0.249. The standard InChI is InChI=1S/C12H11ClFN/c1-7(2)10-6-8-5-9(14)3-4-11(8)15-12(10)13/h3-7H,1-2H3. The van der Waals surface area contributed by atoms with Crippen LogP contribution in [-0.4, -0.2) is 4.98 Å². The van der Waals surface area contributed by atoms with E-state index in [1.54, 1.807) is 6.07 Å². The van der Waals surface area contributed by atoms with E-state index in [4.69, 9.17) is 11.6 Å². The van der Waals surface area contributed by atoms with Gasteiger partial charge in [0.1, 0.15) is 11.0 Å². The van der Waals surface area contributed by atoms with Gasteiger partial charge in [0.05, 0.1) is 5.52 Å². The van der Waals surface area contributed by atoms with Crippen LogP contribution in [0.15, 0.2) is 24.3 Å². The Hall–Kier alpha value is -1.15. The second-order valence-corrected chi connectivity index (χ2v) is 4.22. The molecule has 15 heavy (non-hydrogen) atoms. The van der Waals surface area contributed by atoms with Gasteiger partial charge in [0, 0.05) is 5.39 Å². The summed E-state index contributed by atoms with van der Waals surface area (Å²) in [5.41, 5.74) is 1.68. The zero-order chi connectivity index (χ0) is 11.0. The highest BCUT2D eigenvalue weighted by atomic mass is 35.5. The second-order valence-electron chi connectivity index (χ2n) is 3.86. The van der Waals surface area contributed by atoms with Crippen LogP contribution in [0, 0.1) is 5.82 Å². The average Bonchev–Trinajstić information content (AvgIpc) is 2.17. The Morgan fingerprint density at radius 1 is 1.27 bits per heavy atom. The summed E-state index contributed by atoms with van der Waals surface area (Å²) in [4.78, 5) is 4.24. The number of halogens is 2. The maximum atomic E-state index is 13.0. The zero-order valence-electron chi connectivity index (χ0n) is 8.59. The molecule has 0 saturated heterocycles. The first-order valence-corrected chi connectivity index (χ1v) is 5.21. The molecule has 0 amide bonds. The molecule has 0 aliphatic heterocycles. The summed E-state index contributed by atoms with van der Waals surface area (Å²) in [7, 11) is 0. The molecule has 0 saturated carbocycles. The summed E-state index contributed by atoms with van der Waals surface area (Å²) < 4.78 is 13.0. The Balaban J connectivity index is 2.72. The molecule has 0 spiro atoms. The van der Waals surface area contributed by atoms with Crippen molar-refractivity contribution < 1.29 is 4.39 Å². The number of rotatable bonds is 1. The molecule has 0 unspecified atom stereocenters. The predicted octanol–water partition coefficient (Wildman–Crippen LogP) is 4.15. The molecule has 1 aromatic carbocycles. The van der Waals surface area contributed by atoms with Gasteiger partial charge in [-0.2, -0.15) is 0 Å². The first kappa shape index (κ1) is 10.4. The van der Waals surface area contributed by atoms with Gasteiger partial charge in [0.2, 0.25) is 0 Å². The second kappa shape index (κ2) is 3.78. The predicted molar refractivity (Wildman–Crippen MR) is 60.8 cm³/mol. The fraction of sp³-hybridized carbons (Fsp3) is 0.250. The fourth-order valence-corrected chi connectivity index (χ4v) is 1.91. The Bertz CT molecular complexity index is 508. The molecule has 0 aliphatic rings. The van der Waals surface area contributed by atoms with Crippen LogP contribution in [0.4, 0.5) is 4.39 Å². The van der Waals surface area contributed by atoms with Crippen LogP contribution in [0.3, 0.4) is 0 Å². The van der Waals surface area contributed by atoms with Crippen LogP contribution >= 0.6 is 11.6 Å². The van der Waals surface area contributed by atoms with Gasteiger partial charge in [-0.3, -0.25) is 0 Å². The number of fused-ring (bicyclic) bond motifs is 1. The average molecular weight is 224 g/mol. The normalized spacial score (nSPS) is 11.3. The molecule has 78 valence electrons. The number of hydrogen-bond donors (Lipinski definition) is 0. The van der Waals surface area contributed by atoms with Gasteiger partial charge in [-0.25, -0.2) is 9.37 Å². The first-order chi connectivity index (χ1) is 7.08. The molecule has 1 nitrogen and oxygen atoms in total. The molecule has 1 aromatic heterocycles. The number of hydrogen-bond acceptors (Lipinski definition) is 1. The van der Waals surface area contributed by atoms with Crippen LogP contribution in [0.2, 0.25) is 5.15 Å². The smallest absolute Gasteiger partial charge is 0.133 e. The highest BCUT2D eigenvalue weighted by Crippen LogP contribution is 2.26. The third-order valence-corrected chi connectivity index (χ3v) is 2.68. The summed E-state index contributed by atoms with van der Waals surface area (Å²) in [6, 6.07) is 6.41. The molecule has 0 atom stereocenters. The van der Waals surface area contributed by atoms with Crippen molar-refractivity contribution in [2.24, 2.45) is 0 Å². The van der Waals surface area contributed by atoms with Crippen molar-refractivity contribution in [3.8, 4) is 0 Å². The molecular formula is C12H11ClFN. The molecule has 0 N–H and O–H groups in total. The van der Waals surface area contributed by atoms with E-state index in [2.05, 4.69) is 4.98 Å². The van der Waals surface area contributed by atoms with Gasteiger partial charge in [-0.05, 0) is 35.7 Å². The number of benzene rings is 1. The summed E-state index contributed by atoms with van der Waals surface area (Å²) in [5.74, 6) is 0.0407. The molecular weight excluding hydrogens is 213 g/mol. The lowest BCUT2D eigenvalue weighted by molar-refractivity contribution is 0.629. The van der Waals surface area contributed by atoms with Crippen molar-refractivity contribution in [1.29, 1.82) is 0 Å². The SMILES string of the molecule is CC(C)c1cc2cc(F)ccc2nc1Cl. The Morgan fingerprint density at radius 2 is 2.00 bits per heavy atom. The van der Waals surface area contributed by atoms with E-state index >= 15 is 0 Å². The van der Waals surface area contributed by atoms with Crippen molar-refractivity contribution in [2.75, 3.05) is 0 Å². The third kappa shape index (κ3) is 1.95. The first-order valence-electron chi connectivity index (χ1n) is 4.83. The maximum Gasteiger partial charge on any atom is 0.133 e. The quantitative estimate of drug-likeness (QED) is 0.662. The van der Waals surface area contributed by atoms with E-state index < -0.39 is 0 Å². The summed E-state index contributed by atoms with van der Waals surface area (Å²) in [5, 5.41) is 1.30. The number of pyridine rings is 1. The van der Waals surface area contributed by atoms with E-state index in [-0.39, 0.29) is 11.7 Å². The van der Waals surface area contributed by atoms with E-state index in [0.29, 0.717) is 5.15 Å². The summed E-state index contributed by atoms with van der Waals surface area (Å²) in [6.07, 6.45) is 0. The highest BCUT2D eigenvalue weighted by Gasteiger charge is 2.08. The molecule has 2 aromatic rings. The van der Waals surface area contributed by atoms with Crippen molar-refractivity contribution >= 4 is 22.5 Å². The van der Waals surface area contributed by atoms with E-state index in [0.717, 1.165) is 16.5 Å². The Kier molecular flexibility index (Phi) is 2.61. The summed E-state index contributed by atoms with van der Waals surface area (Å²) >= 11 is 6.03. The monoisotopic (exact) mass is 223 g/mol. The van der Waals surface area contributed by atoms with E-state index in [1.807, 2.05) is 19.9 Å². The Morgan fingerprint density at radius 3 is 2.67 bits per heavy atom. The minimum Gasteiger partial charge on any atom is -0.236 e. The zero-order valence-corrected chi connectivity index (χ0v) is 9.35. The van der Waals surface area contributed by atoms with E-state index in [1.165, 1.54) is 12.1 Å². The van der Waals surface area contributed by atoms with Crippen LogP contribution in [0.5, 0.6) is 0 Å². The van der Waals surface area contributed by atoms with Gasteiger partial charge in [0.15, 0.2) is 0 Å². The van der Waals surface area contributed by atoms with Crippen molar-refractivity contribution in [3.63, 3.8) is 0 Å². The van der Waals surface area contributed by atoms with Crippen LogP contribution < -0.4 is 0 Å². The van der Waals surface area contributed by atoms with Gasteiger partial charge in [-0.15, -0.1) is 0 Å². The lowest BCUT2D eigenvalue weighted by Gasteiger charge is -2.08.